The van der Waals surface area contributed by atoms with Gasteiger partial charge in [-0.25, -0.2) is 8.42 Å². The van der Waals surface area contributed by atoms with E-state index in [1.807, 2.05) is 37.3 Å². The van der Waals surface area contributed by atoms with Gasteiger partial charge in [-0.2, -0.15) is 4.31 Å². The van der Waals surface area contributed by atoms with Crippen LogP contribution in [0.2, 0.25) is 0 Å². The van der Waals surface area contributed by atoms with Crippen LogP contribution in [0, 0.1) is 0 Å². The van der Waals surface area contributed by atoms with Crippen molar-refractivity contribution in [1.82, 2.24) is 9.29 Å². The molecular weight excluding hydrogens is 326 g/mol. The summed E-state index contributed by atoms with van der Waals surface area (Å²) >= 11 is 0. The van der Waals surface area contributed by atoms with Gasteiger partial charge in [-0.1, -0.05) is 18.2 Å². The van der Waals surface area contributed by atoms with E-state index in [9.17, 15) is 13.2 Å². The molecule has 6 nitrogen and oxygen atoms in total. The summed E-state index contributed by atoms with van der Waals surface area (Å²) in [5.74, 6) is -0.261. The molecule has 24 heavy (non-hydrogen) atoms. The Bertz CT molecular complexity index is 764. The standard InChI is InChI=1S/C17H21N3O3S/c1-3-20(16-7-5-4-6-8-16)17(21)14-19(24(2,22)23)13-15-9-11-18-12-10-15/h4-12H,3,13-14H2,1-2H3. The first-order chi connectivity index (χ1) is 11.4. The molecule has 1 amide bonds. The number of para-hydroxylation sites is 1. The second-order valence-corrected chi connectivity index (χ2v) is 7.34. The molecule has 0 bridgehead atoms. The SMILES string of the molecule is CCN(C(=O)CN(Cc1ccncc1)S(C)(=O)=O)c1ccccc1. The molecule has 0 radical (unpaired) electrons. The maximum Gasteiger partial charge on any atom is 0.242 e. The molecule has 7 heteroatoms. The molecule has 1 heterocycles. The third kappa shape index (κ3) is 4.87. The predicted octanol–water partition coefficient (Wildman–Crippen LogP) is 1.90. The van der Waals surface area contributed by atoms with Crippen LogP contribution in [0.5, 0.6) is 0 Å². The molecule has 0 spiro atoms. The van der Waals surface area contributed by atoms with Crippen LogP contribution in [0.15, 0.2) is 54.9 Å². The van der Waals surface area contributed by atoms with Crippen molar-refractivity contribution in [2.75, 3.05) is 24.2 Å². The number of carbonyl (C=O) groups is 1. The minimum absolute atomic E-state index is 0.138. The number of hydrogen-bond acceptors (Lipinski definition) is 4. The third-order valence-electron chi connectivity index (χ3n) is 3.57. The number of sulfonamides is 1. The number of amides is 1. The maximum absolute atomic E-state index is 12.6. The first-order valence-electron chi connectivity index (χ1n) is 7.61. The predicted molar refractivity (Wildman–Crippen MR) is 94.0 cm³/mol. The summed E-state index contributed by atoms with van der Waals surface area (Å²) in [6.07, 6.45) is 4.31. The van der Waals surface area contributed by atoms with Gasteiger partial charge in [0.15, 0.2) is 0 Å². The normalized spacial score (nSPS) is 11.5. The van der Waals surface area contributed by atoms with Crippen molar-refractivity contribution < 1.29 is 13.2 Å². The molecule has 128 valence electrons. The van der Waals surface area contributed by atoms with Crippen molar-refractivity contribution in [3.8, 4) is 0 Å². The van der Waals surface area contributed by atoms with Gasteiger partial charge in [-0.3, -0.25) is 9.78 Å². The molecule has 1 aromatic carbocycles. The molecule has 0 aliphatic carbocycles. The number of aromatic nitrogens is 1. The number of benzene rings is 1. The fraction of sp³-hybridized carbons (Fsp3) is 0.294. The highest BCUT2D eigenvalue weighted by Gasteiger charge is 2.23. The van der Waals surface area contributed by atoms with Crippen molar-refractivity contribution in [1.29, 1.82) is 0 Å². The number of likely N-dealkylation sites (N-methyl/N-ethyl adjacent to an activating group) is 1. The van der Waals surface area contributed by atoms with Gasteiger partial charge in [0.25, 0.3) is 0 Å². The van der Waals surface area contributed by atoms with Gasteiger partial charge in [-0.15, -0.1) is 0 Å². The van der Waals surface area contributed by atoms with Crippen LogP contribution >= 0.6 is 0 Å². The van der Waals surface area contributed by atoms with E-state index in [1.165, 1.54) is 4.31 Å². The number of pyridine rings is 1. The molecule has 1 aromatic heterocycles. The lowest BCUT2D eigenvalue weighted by atomic mass is 10.2. The van der Waals surface area contributed by atoms with E-state index in [4.69, 9.17) is 0 Å². The van der Waals surface area contributed by atoms with Crippen LogP contribution in [0.1, 0.15) is 12.5 Å². The highest BCUT2D eigenvalue weighted by atomic mass is 32.2. The molecule has 0 aliphatic heterocycles. The summed E-state index contributed by atoms with van der Waals surface area (Å²) in [5, 5.41) is 0. The molecule has 2 aromatic rings. The fourth-order valence-electron chi connectivity index (χ4n) is 2.33. The van der Waals surface area contributed by atoms with Crippen LogP contribution in [-0.4, -0.2) is 43.0 Å². The lowest BCUT2D eigenvalue weighted by molar-refractivity contribution is -0.118. The Morgan fingerprint density at radius 1 is 1.08 bits per heavy atom. The zero-order valence-corrected chi connectivity index (χ0v) is 14.6. The molecule has 0 unspecified atom stereocenters. The zero-order chi connectivity index (χ0) is 17.6. The zero-order valence-electron chi connectivity index (χ0n) is 13.8. The monoisotopic (exact) mass is 347 g/mol. The lowest BCUT2D eigenvalue weighted by Gasteiger charge is -2.25. The van der Waals surface area contributed by atoms with E-state index in [0.717, 1.165) is 17.5 Å². The Balaban J connectivity index is 2.18. The first kappa shape index (κ1) is 18.1. The molecule has 0 fully saturated rings. The number of carbonyl (C=O) groups excluding carboxylic acids is 1. The van der Waals surface area contributed by atoms with Crippen molar-refractivity contribution in [2.24, 2.45) is 0 Å². The number of hydrogen-bond donors (Lipinski definition) is 0. The van der Waals surface area contributed by atoms with Crippen LogP contribution in [0.25, 0.3) is 0 Å². The summed E-state index contributed by atoms with van der Waals surface area (Å²) in [7, 11) is -3.52. The molecule has 0 atom stereocenters. The van der Waals surface area contributed by atoms with E-state index in [-0.39, 0.29) is 19.0 Å². The van der Waals surface area contributed by atoms with E-state index in [1.54, 1.807) is 29.4 Å². The highest BCUT2D eigenvalue weighted by Crippen LogP contribution is 2.15. The Kier molecular flexibility index (Phi) is 6.05. The van der Waals surface area contributed by atoms with Gasteiger partial charge in [0.1, 0.15) is 0 Å². The second-order valence-electron chi connectivity index (χ2n) is 5.36. The summed E-state index contributed by atoms with van der Waals surface area (Å²) in [5.41, 5.74) is 1.54. The topological polar surface area (TPSA) is 70.6 Å². The lowest BCUT2D eigenvalue weighted by Crippen LogP contribution is -2.42. The summed E-state index contributed by atoms with van der Waals surface area (Å²) in [6.45, 7) is 2.26. The van der Waals surface area contributed by atoms with Gasteiger partial charge < -0.3 is 4.90 Å². The average Bonchev–Trinajstić information content (AvgIpc) is 2.56. The Hall–Kier alpha value is -2.25. The average molecular weight is 347 g/mol. The number of rotatable bonds is 7. The summed E-state index contributed by atoms with van der Waals surface area (Å²) < 4.78 is 25.3. The van der Waals surface area contributed by atoms with Gasteiger partial charge in [0, 0.05) is 31.2 Å². The smallest absolute Gasteiger partial charge is 0.242 e. The largest absolute Gasteiger partial charge is 0.312 e. The molecule has 0 N–H and O–H groups in total. The maximum atomic E-state index is 12.6. The van der Waals surface area contributed by atoms with Gasteiger partial charge in [0.2, 0.25) is 15.9 Å². The second kappa shape index (κ2) is 8.03. The van der Waals surface area contributed by atoms with Gasteiger partial charge in [0.05, 0.1) is 12.8 Å². The molecular formula is C17H21N3O3S. The van der Waals surface area contributed by atoms with Crippen molar-refractivity contribution in [3.63, 3.8) is 0 Å². The van der Waals surface area contributed by atoms with Crippen LogP contribution in [0.4, 0.5) is 5.69 Å². The van der Waals surface area contributed by atoms with Crippen LogP contribution in [-0.2, 0) is 21.4 Å². The Morgan fingerprint density at radius 3 is 2.25 bits per heavy atom. The fourth-order valence-corrected chi connectivity index (χ4v) is 3.06. The summed E-state index contributed by atoms with van der Waals surface area (Å²) in [4.78, 5) is 18.1. The third-order valence-corrected chi connectivity index (χ3v) is 4.77. The van der Waals surface area contributed by atoms with Crippen LogP contribution < -0.4 is 4.90 Å². The Morgan fingerprint density at radius 2 is 1.71 bits per heavy atom. The quantitative estimate of drug-likeness (QED) is 0.767. The summed E-state index contributed by atoms with van der Waals surface area (Å²) in [6, 6.07) is 12.7. The molecule has 0 saturated carbocycles. The molecule has 0 saturated heterocycles. The minimum Gasteiger partial charge on any atom is -0.312 e. The van der Waals surface area contributed by atoms with E-state index < -0.39 is 10.0 Å². The highest BCUT2D eigenvalue weighted by molar-refractivity contribution is 7.88. The number of anilines is 1. The minimum atomic E-state index is -3.52. The van der Waals surface area contributed by atoms with Gasteiger partial charge in [-0.05, 0) is 36.8 Å². The first-order valence-corrected chi connectivity index (χ1v) is 9.46. The molecule has 2 rings (SSSR count). The number of nitrogens with zero attached hydrogens (tertiary/aromatic N) is 3. The van der Waals surface area contributed by atoms with Crippen molar-refractivity contribution >= 4 is 21.6 Å². The Labute approximate surface area is 142 Å². The van der Waals surface area contributed by atoms with Crippen LogP contribution in [0.3, 0.4) is 0 Å². The van der Waals surface area contributed by atoms with E-state index in [2.05, 4.69) is 4.98 Å². The van der Waals surface area contributed by atoms with Crippen molar-refractivity contribution in [3.05, 3.63) is 60.4 Å². The van der Waals surface area contributed by atoms with E-state index in [0.29, 0.717) is 6.54 Å². The van der Waals surface area contributed by atoms with Crippen molar-refractivity contribution in [2.45, 2.75) is 13.5 Å². The molecule has 0 aliphatic rings. The van der Waals surface area contributed by atoms with Gasteiger partial charge >= 0.3 is 0 Å². The van der Waals surface area contributed by atoms with E-state index >= 15 is 0 Å².